The average Bonchev–Trinajstić information content (AvgIpc) is 2.26. The third-order valence-corrected chi connectivity index (χ3v) is 2.70. The van der Waals surface area contributed by atoms with Crippen molar-refractivity contribution in [3.63, 3.8) is 0 Å². The zero-order valence-corrected chi connectivity index (χ0v) is 8.72. The van der Waals surface area contributed by atoms with E-state index in [1.165, 1.54) is 18.2 Å². The van der Waals surface area contributed by atoms with Gasteiger partial charge in [0.25, 0.3) is 5.69 Å². The van der Waals surface area contributed by atoms with E-state index >= 15 is 0 Å². The fourth-order valence-corrected chi connectivity index (χ4v) is 1.77. The third-order valence-electron chi connectivity index (χ3n) is 1.59. The van der Waals surface area contributed by atoms with E-state index in [2.05, 4.69) is 0 Å². The number of nitro groups is 1. The van der Waals surface area contributed by atoms with Gasteiger partial charge in [0, 0.05) is 28.5 Å². The molecule has 1 N–H and O–H groups in total. The Morgan fingerprint density at radius 1 is 1.50 bits per heavy atom. The SMILES string of the molecule is O=C(O)/C=C/S(=O)c1cccc([N+](=O)[O-])c1. The Hall–Kier alpha value is -2.02. The molecule has 0 aromatic heterocycles. The predicted molar refractivity (Wildman–Crippen MR) is 56.3 cm³/mol. The maximum atomic E-state index is 11.5. The first kappa shape index (κ1) is 12.1. The van der Waals surface area contributed by atoms with E-state index in [1.54, 1.807) is 0 Å². The highest BCUT2D eigenvalue weighted by atomic mass is 32.2. The molecule has 0 aliphatic heterocycles. The lowest BCUT2D eigenvalue weighted by atomic mass is 10.3. The zero-order valence-electron chi connectivity index (χ0n) is 7.90. The summed E-state index contributed by atoms with van der Waals surface area (Å²) in [6.07, 6.45) is 0.731. The molecule has 84 valence electrons. The molecule has 0 fully saturated rings. The van der Waals surface area contributed by atoms with Crippen LogP contribution in [0.1, 0.15) is 0 Å². The minimum absolute atomic E-state index is 0.186. The molecule has 0 aliphatic carbocycles. The summed E-state index contributed by atoms with van der Waals surface area (Å²) in [7, 11) is -1.70. The maximum absolute atomic E-state index is 11.5. The number of carboxylic acid groups (broad SMARTS) is 1. The number of non-ortho nitro benzene ring substituents is 1. The predicted octanol–water partition coefficient (Wildman–Crippen LogP) is 1.30. The van der Waals surface area contributed by atoms with E-state index in [1.807, 2.05) is 0 Å². The largest absolute Gasteiger partial charge is 0.478 e. The van der Waals surface area contributed by atoms with Crippen molar-refractivity contribution in [3.05, 3.63) is 45.9 Å². The minimum atomic E-state index is -1.70. The zero-order chi connectivity index (χ0) is 12.1. The molecule has 0 aliphatic rings. The molecule has 1 rings (SSSR count). The van der Waals surface area contributed by atoms with E-state index in [9.17, 15) is 19.1 Å². The quantitative estimate of drug-likeness (QED) is 0.486. The lowest BCUT2D eigenvalue weighted by molar-refractivity contribution is -0.385. The summed E-state index contributed by atoms with van der Waals surface area (Å²) in [5.41, 5.74) is -0.186. The van der Waals surface area contributed by atoms with Gasteiger partial charge in [-0.1, -0.05) is 6.07 Å². The first-order valence-corrected chi connectivity index (χ1v) is 5.28. The number of rotatable bonds is 4. The molecule has 7 heteroatoms. The lowest BCUT2D eigenvalue weighted by Gasteiger charge is -1.96. The third kappa shape index (κ3) is 3.28. The summed E-state index contributed by atoms with van der Waals surface area (Å²) < 4.78 is 11.5. The van der Waals surface area contributed by atoms with Gasteiger partial charge in [-0.3, -0.25) is 10.1 Å². The van der Waals surface area contributed by atoms with Crippen molar-refractivity contribution in [2.45, 2.75) is 4.90 Å². The summed E-state index contributed by atoms with van der Waals surface area (Å²) in [5.74, 6) is -1.22. The Labute approximate surface area is 92.8 Å². The van der Waals surface area contributed by atoms with Crippen molar-refractivity contribution in [1.29, 1.82) is 0 Å². The van der Waals surface area contributed by atoms with E-state index in [0.29, 0.717) is 0 Å². The number of nitro benzene ring substituents is 1. The number of hydrogen-bond acceptors (Lipinski definition) is 4. The van der Waals surface area contributed by atoms with Gasteiger partial charge in [0.2, 0.25) is 0 Å². The number of carboxylic acids is 1. The second kappa shape index (κ2) is 5.17. The van der Waals surface area contributed by atoms with Gasteiger partial charge in [0.05, 0.1) is 15.7 Å². The molecule has 1 unspecified atom stereocenters. The van der Waals surface area contributed by atoms with Crippen LogP contribution in [0.5, 0.6) is 0 Å². The second-order valence-electron chi connectivity index (χ2n) is 2.69. The van der Waals surface area contributed by atoms with E-state index < -0.39 is 21.7 Å². The van der Waals surface area contributed by atoms with E-state index in [-0.39, 0.29) is 10.6 Å². The standard InChI is InChI=1S/C9H7NO5S/c11-9(12)4-5-16(15)8-3-1-2-7(6-8)10(13)14/h1-6H,(H,11,12)/b5-4+. The molecular weight excluding hydrogens is 234 g/mol. The molecule has 0 saturated heterocycles. The van der Waals surface area contributed by atoms with Crippen LogP contribution in [0.15, 0.2) is 40.6 Å². The van der Waals surface area contributed by atoms with Gasteiger partial charge in [0.1, 0.15) is 0 Å². The maximum Gasteiger partial charge on any atom is 0.328 e. The Morgan fingerprint density at radius 3 is 2.75 bits per heavy atom. The molecule has 0 amide bonds. The van der Waals surface area contributed by atoms with Crippen LogP contribution in [0, 0.1) is 10.1 Å². The molecule has 0 spiro atoms. The molecule has 6 nitrogen and oxygen atoms in total. The van der Waals surface area contributed by atoms with E-state index in [0.717, 1.165) is 17.6 Å². The lowest BCUT2D eigenvalue weighted by Crippen LogP contribution is -1.93. The van der Waals surface area contributed by atoms with Crippen LogP contribution < -0.4 is 0 Å². The van der Waals surface area contributed by atoms with E-state index in [4.69, 9.17) is 5.11 Å². The fraction of sp³-hybridized carbons (Fsp3) is 0. The highest BCUT2D eigenvalue weighted by Gasteiger charge is 2.08. The molecule has 1 aromatic carbocycles. The van der Waals surface area contributed by atoms with Gasteiger partial charge < -0.3 is 5.11 Å². The number of nitrogens with zero attached hydrogens (tertiary/aromatic N) is 1. The van der Waals surface area contributed by atoms with Crippen LogP contribution in [-0.2, 0) is 15.6 Å². The minimum Gasteiger partial charge on any atom is -0.478 e. The monoisotopic (exact) mass is 241 g/mol. The van der Waals surface area contributed by atoms with Gasteiger partial charge >= 0.3 is 5.97 Å². The highest BCUT2D eigenvalue weighted by molar-refractivity contribution is 7.88. The first-order chi connectivity index (χ1) is 7.50. The smallest absolute Gasteiger partial charge is 0.328 e. The van der Waals surface area contributed by atoms with Crippen LogP contribution in [0.25, 0.3) is 0 Å². The Morgan fingerprint density at radius 2 is 2.19 bits per heavy atom. The van der Waals surface area contributed by atoms with Gasteiger partial charge in [-0.25, -0.2) is 9.00 Å². The molecule has 0 bridgehead atoms. The van der Waals surface area contributed by atoms with Crippen molar-refractivity contribution >= 4 is 22.5 Å². The summed E-state index contributed by atoms with van der Waals surface area (Å²) in [6.45, 7) is 0. The van der Waals surface area contributed by atoms with Crippen molar-refractivity contribution in [2.75, 3.05) is 0 Å². The molecule has 0 radical (unpaired) electrons. The van der Waals surface area contributed by atoms with Crippen LogP contribution in [0.4, 0.5) is 5.69 Å². The molecule has 1 aromatic rings. The average molecular weight is 241 g/mol. The highest BCUT2D eigenvalue weighted by Crippen LogP contribution is 2.16. The van der Waals surface area contributed by atoms with Crippen molar-refractivity contribution in [2.24, 2.45) is 0 Å². The summed E-state index contributed by atoms with van der Waals surface area (Å²) in [4.78, 5) is 20.2. The van der Waals surface area contributed by atoms with Gasteiger partial charge in [-0.05, 0) is 6.07 Å². The Kier molecular flexibility index (Phi) is 3.90. The number of aliphatic carboxylic acids is 1. The topological polar surface area (TPSA) is 97.5 Å². The van der Waals surface area contributed by atoms with Crippen molar-refractivity contribution in [3.8, 4) is 0 Å². The summed E-state index contributed by atoms with van der Waals surface area (Å²) in [6, 6.07) is 5.22. The molecule has 16 heavy (non-hydrogen) atoms. The van der Waals surface area contributed by atoms with Gasteiger partial charge in [-0.15, -0.1) is 0 Å². The van der Waals surface area contributed by atoms with Crippen LogP contribution in [0.2, 0.25) is 0 Å². The second-order valence-corrected chi connectivity index (χ2v) is 4.03. The van der Waals surface area contributed by atoms with Crippen molar-refractivity contribution in [1.82, 2.24) is 0 Å². The van der Waals surface area contributed by atoms with Crippen molar-refractivity contribution < 1.29 is 19.0 Å². The fourth-order valence-electron chi connectivity index (χ4n) is 0.921. The first-order valence-electron chi connectivity index (χ1n) is 4.07. The molecule has 1 atom stereocenters. The number of carbonyl (C=O) groups is 1. The summed E-state index contributed by atoms with van der Waals surface area (Å²) >= 11 is 0. The Balaban J connectivity index is 2.96. The molecular formula is C9H7NO5S. The number of hydrogen-bond donors (Lipinski definition) is 1. The molecule has 0 heterocycles. The van der Waals surface area contributed by atoms with Gasteiger partial charge in [0.15, 0.2) is 0 Å². The van der Waals surface area contributed by atoms with Crippen LogP contribution in [0.3, 0.4) is 0 Å². The number of benzene rings is 1. The normalized spacial score (nSPS) is 12.5. The van der Waals surface area contributed by atoms with Crippen LogP contribution in [-0.4, -0.2) is 20.2 Å². The Bertz CT molecular complexity index is 483. The summed E-state index contributed by atoms with van der Waals surface area (Å²) in [5, 5.41) is 19.7. The van der Waals surface area contributed by atoms with Crippen LogP contribution >= 0.6 is 0 Å². The van der Waals surface area contributed by atoms with Gasteiger partial charge in [-0.2, -0.15) is 0 Å². The molecule has 0 saturated carbocycles.